The summed E-state index contributed by atoms with van der Waals surface area (Å²) in [6.07, 6.45) is 3.74. The second kappa shape index (κ2) is 7.66. The number of halogens is 1. The standard InChI is InChI=1S/C17H21ClN4O2/c1-2-21-12-19-20-17(21)13-4-3-9-22(10-13)16(23)11-24-15-7-5-14(18)6-8-15/h5-8,12-13H,2-4,9-11H2,1H3/t13-/m1/s1. The average molecular weight is 349 g/mol. The van der Waals surface area contributed by atoms with Gasteiger partial charge in [0.1, 0.15) is 17.9 Å². The second-order valence-corrected chi connectivity index (χ2v) is 6.33. The normalized spacial score (nSPS) is 17.8. The number of nitrogens with zero attached hydrogens (tertiary/aromatic N) is 4. The summed E-state index contributed by atoms with van der Waals surface area (Å²) in [4.78, 5) is 14.3. The number of hydrogen-bond acceptors (Lipinski definition) is 4. The molecule has 0 radical (unpaired) electrons. The Bertz CT molecular complexity index is 686. The van der Waals surface area contributed by atoms with Gasteiger partial charge < -0.3 is 14.2 Å². The van der Waals surface area contributed by atoms with Crippen LogP contribution in [-0.2, 0) is 11.3 Å². The molecule has 7 heteroatoms. The van der Waals surface area contributed by atoms with Gasteiger partial charge in [-0.2, -0.15) is 0 Å². The summed E-state index contributed by atoms with van der Waals surface area (Å²) in [6.45, 7) is 4.38. The molecule has 0 unspecified atom stereocenters. The van der Waals surface area contributed by atoms with Crippen molar-refractivity contribution in [1.82, 2.24) is 19.7 Å². The molecule has 1 aromatic heterocycles. The molecular weight excluding hydrogens is 328 g/mol. The molecule has 6 nitrogen and oxygen atoms in total. The van der Waals surface area contributed by atoms with Crippen LogP contribution >= 0.6 is 11.6 Å². The van der Waals surface area contributed by atoms with E-state index in [0.29, 0.717) is 17.3 Å². The smallest absolute Gasteiger partial charge is 0.260 e. The van der Waals surface area contributed by atoms with Gasteiger partial charge in [-0.05, 0) is 44.0 Å². The number of aromatic nitrogens is 3. The first-order valence-electron chi connectivity index (χ1n) is 8.21. The van der Waals surface area contributed by atoms with Crippen molar-refractivity contribution < 1.29 is 9.53 Å². The maximum atomic E-state index is 12.4. The van der Waals surface area contributed by atoms with E-state index in [2.05, 4.69) is 17.1 Å². The van der Waals surface area contributed by atoms with Crippen LogP contribution in [-0.4, -0.2) is 45.3 Å². The molecule has 0 saturated carbocycles. The molecule has 3 rings (SSSR count). The number of ether oxygens (including phenoxy) is 1. The number of likely N-dealkylation sites (tertiary alicyclic amines) is 1. The molecule has 24 heavy (non-hydrogen) atoms. The van der Waals surface area contributed by atoms with Crippen LogP contribution in [0.15, 0.2) is 30.6 Å². The van der Waals surface area contributed by atoms with Gasteiger partial charge in [-0.1, -0.05) is 11.6 Å². The summed E-state index contributed by atoms with van der Waals surface area (Å²) in [5.41, 5.74) is 0. The number of carbonyl (C=O) groups excluding carboxylic acids is 1. The Balaban J connectivity index is 1.58. The number of rotatable bonds is 5. The molecular formula is C17H21ClN4O2. The molecule has 0 aliphatic carbocycles. The number of aryl methyl sites for hydroxylation is 1. The Hall–Kier alpha value is -2.08. The lowest BCUT2D eigenvalue weighted by molar-refractivity contribution is -0.134. The van der Waals surface area contributed by atoms with Gasteiger partial charge in [-0.25, -0.2) is 0 Å². The fourth-order valence-electron chi connectivity index (χ4n) is 3.01. The molecule has 1 aliphatic rings. The summed E-state index contributed by atoms with van der Waals surface area (Å²) in [5.74, 6) is 1.85. The molecule has 1 aromatic carbocycles. The monoisotopic (exact) mass is 348 g/mol. The first kappa shape index (κ1) is 16.8. The molecule has 0 N–H and O–H groups in total. The molecule has 1 fully saturated rings. The highest BCUT2D eigenvalue weighted by molar-refractivity contribution is 6.30. The van der Waals surface area contributed by atoms with Crippen LogP contribution in [0.3, 0.4) is 0 Å². The zero-order valence-electron chi connectivity index (χ0n) is 13.7. The van der Waals surface area contributed by atoms with Crippen molar-refractivity contribution in [2.24, 2.45) is 0 Å². The Morgan fingerprint density at radius 1 is 1.38 bits per heavy atom. The Morgan fingerprint density at radius 3 is 2.92 bits per heavy atom. The Morgan fingerprint density at radius 2 is 2.17 bits per heavy atom. The summed E-state index contributed by atoms with van der Waals surface area (Å²) in [5, 5.41) is 8.88. The fourth-order valence-corrected chi connectivity index (χ4v) is 3.13. The minimum Gasteiger partial charge on any atom is -0.484 e. The lowest BCUT2D eigenvalue weighted by Gasteiger charge is -2.32. The van der Waals surface area contributed by atoms with Gasteiger partial charge in [-0.15, -0.1) is 10.2 Å². The number of piperidine rings is 1. The zero-order chi connectivity index (χ0) is 16.9. The number of benzene rings is 1. The maximum Gasteiger partial charge on any atom is 0.260 e. The second-order valence-electron chi connectivity index (χ2n) is 5.90. The number of amides is 1. The SMILES string of the molecule is CCn1cnnc1[C@@H]1CCCN(C(=O)COc2ccc(Cl)cc2)C1. The van der Waals surface area contributed by atoms with E-state index >= 15 is 0 Å². The lowest BCUT2D eigenvalue weighted by Crippen LogP contribution is -2.42. The third-order valence-electron chi connectivity index (χ3n) is 4.30. The van der Waals surface area contributed by atoms with Crippen LogP contribution in [0.1, 0.15) is 31.5 Å². The van der Waals surface area contributed by atoms with Gasteiger partial charge in [0.25, 0.3) is 5.91 Å². The van der Waals surface area contributed by atoms with E-state index in [1.165, 1.54) is 0 Å². The van der Waals surface area contributed by atoms with Crippen LogP contribution in [0.2, 0.25) is 5.02 Å². The first-order valence-corrected chi connectivity index (χ1v) is 8.59. The highest BCUT2D eigenvalue weighted by atomic mass is 35.5. The van der Waals surface area contributed by atoms with Gasteiger partial charge in [0, 0.05) is 30.6 Å². The van der Waals surface area contributed by atoms with E-state index in [9.17, 15) is 4.79 Å². The first-order chi connectivity index (χ1) is 11.7. The van der Waals surface area contributed by atoms with Crippen LogP contribution in [0, 0.1) is 0 Å². The third-order valence-corrected chi connectivity index (χ3v) is 4.55. The molecule has 2 aromatic rings. The maximum absolute atomic E-state index is 12.4. The summed E-state index contributed by atoms with van der Waals surface area (Å²) in [7, 11) is 0. The molecule has 1 aliphatic heterocycles. The molecule has 1 saturated heterocycles. The zero-order valence-corrected chi connectivity index (χ0v) is 14.4. The molecule has 0 bridgehead atoms. The van der Waals surface area contributed by atoms with Gasteiger partial charge in [0.2, 0.25) is 0 Å². The van der Waals surface area contributed by atoms with Crippen molar-refractivity contribution in [1.29, 1.82) is 0 Å². The predicted octanol–water partition coefficient (Wildman–Crippen LogP) is 2.74. The van der Waals surface area contributed by atoms with Crippen LogP contribution < -0.4 is 4.74 Å². The number of carbonyl (C=O) groups is 1. The minimum atomic E-state index is -0.00258. The van der Waals surface area contributed by atoms with Gasteiger partial charge in [-0.3, -0.25) is 4.79 Å². The quantitative estimate of drug-likeness (QED) is 0.833. The lowest BCUT2D eigenvalue weighted by atomic mass is 9.97. The largest absolute Gasteiger partial charge is 0.484 e. The summed E-state index contributed by atoms with van der Waals surface area (Å²) >= 11 is 5.84. The average Bonchev–Trinajstić information content (AvgIpc) is 3.10. The van der Waals surface area contributed by atoms with Gasteiger partial charge >= 0.3 is 0 Å². The van der Waals surface area contributed by atoms with Crippen LogP contribution in [0.4, 0.5) is 0 Å². The summed E-state index contributed by atoms with van der Waals surface area (Å²) < 4.78 is 7.61. The molecule has 2 heterocycles. The van der Waals surface area contributed by atoms with E-state index in [1.807, 2.05) is 9.47 Å². The third kappa shape index (κ3) is 3.87. The van der Waals surface area contributed by atoms with Crippen molar-refractivity contribution >= 4 is 17.5 Å². The Labute approximate surface area is 146 Å². The highest BCUT2D eigenvalue weighted by Crippen LogP contribution is 2.25. The molecule has 0 spiro atoms. The number of hydrogen-bond donors (Lipinski definition) is 0. The molecule has 1 amide bonds. The van der Waals surface area contributed by atoms with Crippen molar-refractivity contribution in [3.63, 3.8) is 0 Å². The topological polar surface area (TPSA) is 60.2 Å². The fraction of sp³-hybridized carbons (Fsp3) is 0.471. The van der Waals surface area contributed by atoms with E-state index in [0.717, 1.165) is 31.8 Å². The van der Waals surface area contributed by atoms with Crippen LogP contribution in [0.5, 0.6) is 5.75 Å². The minimum absolute atomic E-state index is 0.00258. The van der Waals surface area contributed by atoms with Crippen LogP contribution in [0.25, 0.3) is 0 Å². The molecule has 128 valence electrons. The summed E-state index contributed by atoms with van der Waals surface area (Å²) in [6, 6.07) is 7.02. The van der Waals surface area contributed by atoms with Crippen molar-refractivity contribution in [2.45, 2.75) is 32.2 Å². The highest BCUT2D eigenvalue weighted by Gasteiger charge is 2.27. The van der Waals surface area contributed by atoms with E-state index in [-0.39, 0.29) is 18.4 Å². The van der Waals surface area contributed by atoms with Gasteiger partial charge in [0.05, 0.1) is 0 Å². The van der Waals surface area contributed by atoms with Crippen molar-refractivity contribution in [2.75, 3.05) is 19.7 Å². The predicted molar refractivity (Wildman–Crippen MR) is 91.2 cm³/mol. The van der Waals surface area contributed by atoms with Crippen molar-refractivity contribution in [3.8, 4) is 5.75 Å². The van der Waals surface area contributed by atoms with E-state index < -0.39 is 0 Å². The Kier molecular flexibility index (Phi) is 5.35. The van der Waals surface area contributed by atoms with Crippen molar-refractivity contribution in [3.05, 3.63) is 41.4 Å². The van der Waals surface area contributed by atoms with Gasteiger partial charge in [0.15, 0.2) is 6.61 Å². The van der Waals surface area contributed by atoms with E-state index in [4.69, 9.17) is 16.3 Å². The molecule has 1 atom stereocenters. The van der Waals surface area contributed by atoms with E-state index in [1.54, 1.807) is 30.6 Å².